The molecule has 2 N–H and O–H groups in total. The van der Waals surface area contributed by atoms with Crippen molar-refractivity contribution < 1.29 is 35.9 Å². The SMILES string of the molecule is CCCOc1cc(F)c2cc(S(=O)(=O)NCP(=O)(O)Oc3ccc(C#N)c(F)c3)sc2c1. The average Bonchev–Trinajstić information content (AvgIpc) is 3.17. The normalized spacial score (nSPS) is 13.5. The third-order valence-corrected chi connectivity index (χ3v) is 8.26. The lowest BCUT2D eigenvalue weighted by atomic mass is 10.2. The number of benzene rings is 2. The number of hydrogen-bond donors (Lipinski definition) is 2. The fraction of sp³-hybridized carbons (Fsp3) is 0.211. The van der Waals surface area contributed by atoms with Gasteiger partial charge < -0.3 is 14.2 Å². The summed E-state index contributed by atoms with van der Waals surface area (Å²) in [5.74, 6) is -1.71. The molecular formula is C19H17F2N2O6PS2. The van der Waals surface area contributed by atoms with E-state index in [1.165, 1.54) is 6.07 Å². The summed E-state index contributed by atoms with van der Waals surface area (Å²) in [6.07, 6.45) is -0.301. The molecule has 0 fully saturated rings. The van der Waals surface area contributed by atoms with Crippen LogP contribution in [0.25, 0.3) is 10.1 Å². The Morgan fingerprint density at radius 1 is 1.19 bits per heavy atom. The van der Waals surface area contributed by atoms with Crippen LogP contribution in [0.15, 0.2) is 40.6 Å². The molecule has 0 bridgehead atoms. The number of hydrogen-bond acceptors (Lipinski definition) is 7. The zero-order valence-electron chi connectivity index (χ0n) is 16.5. The number of ether oxygens (including phenoxy) is 1. The van der Waals surface area contributed by atoms with E-state index in [4.69, 9.17) is 14.5 Å². The van der Waals surface area contributed by atoms with Crippen LogP contribution in [0.1, 0.15) is 18.9 Å². The highest BCUT2D eigenvalue weighted by atomic mass is 32.2. The first-order valence-electron chi connectivity index (χ1n) is 9.11. The maximum absolute atomic E-state index is 14.3. The van der Waals surface area contributed by atoms with Gasteiger partial charge in [-0.2, -0.15) is 9.98 Å². The molecule has 3 rings (SSSR count). The van der Waals surface area contributed by atoms with E-state index in [0.717, 1.165) is 41.7 Å². The van der Waals surface area contributed by atoms with Crippen LogP contribution in [0, 0.1) is 23.0 Å². The van der Waals surface area contributed by atoms with Crippen molar-refractivity contribution in [2.75, 3.05) is 12.9 Å². The topological polar surface area (TPSA) is 126 Å². The van der Waals surface area contributed by atoms with E-state index in [2.05, 4.69) is 0 Å². The van der Waals surface area contributed by atoms with Crippen molar-refractivity contribution in [1.29, 1.82) is 5.26 Å². The third-order valence-electron chi connectivity index (χ3n) is 4.04. The van der Waals surface area contributed by atoms with E-state index >= 15 is 0 Å². The first kappa shape index (κ1) is 24.1. The van der Waals surface area contributed by atoms with Gasteiger partial charge in [0.25, 0.3) is 10.0 Å². The standard InChI is InChI=1S/C19H17F2N2O6PS2/c1-2-5-28-14-7-17(21)15-9-19(31-18(15)8-14)32(26,27)23-11-30(24,25)29-13-4-3-12(10-22)16(20)6-13/h3-4,6-9,23H,2,5,11H2,1H3,(H,24,25). The monoisotopic (exact) mass is 502 g/mol. The molecule has 170 valence electrons. The van der Waals surface area contributed by atoms with Crippen molar-refractivity contribution in [3.63, 3.8) is 0 Å². The minimum absolute atomic E-state index is 0.0655. The Morgan fingerprint density at radius 3 is 2.56 bits per heavy atom. The van der Waals surface area contributed by atoms with Crippen LogP contribution in [0.4, 0.5) is 8.78 Å². The minimum atomic E-state index is -4.57. The fourth-order valence-corrected chi connectivity index (χ4v) is 6.54. The quantitative estimate of drug-likeness (QED) is 0.417. The summed E-state index contributed by atoms with van der Waals surface area (Å²) in [6.45, 7) is 2.26. The van der Waals surface area contributed by atoms with Crippen molar-refractivity contribution in [2.24, 2.45) is 0 Å². The summed E-state index contributed by atoms with van der Waals surface area (Å²) in [5.41, 5.74) is -0.286. The molecule has 0 aliphatic carbocycles. The van der Waals surface area contributed by atoms with Crippen LogP contribution in [0.3, 0.4) is 0 Å². The largest absolute Gasteiger partial charge is 0.493 e. The van der Waals surface area contributed by atoms with Gasteiger partial charge in [-0.1, -0.05) is 6.92 Å². The number of sulfonamides is 1. The molecule has 1 aromatic heterocycles. The molecule has 0 radical (unpaired) electrons. The molecule has 32 heavy (non-hydrogen) atoms. The second-order valence-corrected chi connectivity index (χ2v) is 11.4. The highest BCUT2D eigenvalue weighted by Crippen LogP contribution is 2.42. The number of nitrogens with one attached hydrogen (secondary N) is 1. The summed E-state index contributed by atoms with van der Waals surface area (Å²) >= 11 is 0.764. The van der Waals surface area contributed by atoms with Gasteiger partial charge in [0.2, 0.25) is 0 Å². The Morgan fingerprint density at radius 2 is 1.91 bits per heavy atom. The van der Waals surface area contributed by atoms with Crippen molar-refractivity contribution >= 4 is 39.0 Å². The van der Waals surface area contributed by atoms with Gasteiger partial charge in [0.1, 0.15) is 39.7 Å². The van der Waals surface area contributed by atoms with Crippen LogP contribution in [0.2, 0.25) is 0 Å². The van der Waals surface area contributed by atoms with E-state index < -0.39 is 35.5 Å². The molecule has 0 aliphatic heterocycles. The lowest BCUT2D eigenvalue weighted by molar-refractivity contribution is 0.316. The summed E-state index contributed by atoms with van der Waals surface area (Å²) in [7, 11) is -8.85. The Bertz CT molecular complexity index is 1350. The van der Waals surface area contributed by atoms with E-state index in [1.807, 2.05) is 11.6 Å². The molecule has 3 aromatic rings. The Balaban J connectivity index is 1.76. The van der Waals surface area contributed by atoms with Gasteiger partial charge in [0, 0.05) is 22.2 Å². The highest BCUT2D eigenvalue weighted by Gasteiger charge is 2.27. The number of nitriles is 1. The van der Waals surface area contributed by atoms with Gasteiger partial charge in [0.05, 0.1) is 12.2 Å². The smallest absolute Gasteiger partial charge is 0.391 e. The first-order valence-corrected chi connectivity index (χ1v) is 13.2. The minimum Gasteiger partial charge on any atom is -0.493 e. The van der Waals surface area contributed by atoms with Crippen molar-refractivity contribution in [2.45, 2.75) is 17.6 Å². The average molecular weight is 502 g/mol. The Hall–Kier alpha value is -2.55. The predicted octanol–water partition coefficient (Wildman–Crippen LogP) is 4.34. The molecule has 0 saturated carbocycles. The van der Waals surface area contributed by atoms with Gasteiger partial charge in [-0.15, -0.1) is 11.3 Å². The van der Waals surface area contributed by atoms with Gasteiger partial charge >= 0.3 is 7.60 Å². The van der Waals surface area contributed by atoms with Gasteiger partial charge in [-0.05, 0) is 30.7 Å². The summed E-state index contributed by atoms with van der Waals surface area (Å²) in [5, 5.41) is 8.77. The van der Waals surface area contributed by atoms with Crippen LogP contribution >= 0.6 is 18.9 Å². The molecule has 1 heterocycles. The molecule has 0 saturated heterocycles. The van der Waals surface area contributed by atoms with E-state index in [-0.39, 0.29) is 26.7 Å². The molecule has 13 heteroatoms. The highest BCUT2D eigenvalue weighted by molar-refractivity contribution is 7.92. The zero-order chi connectivity index (χ0) is 23.5. The third kappa shape index (κ3) is 5.62. The first-order chi connectivity index (χ1) is 15.0. The van der Waals surface area contributed by atoms with E-state index in [9.17, 15) is 26.7 Å². The molecule has 0 aliphatic rings. The lowest BCUT2D eigenvalue weighted by Crippen LogP contribution is -2.25. The van der Waals surface area contributed by atoms with E-state index in [0.29, 0.717) is 17.7 Å². The Kier molecular flexibility index (Phi) is 7.17. The maximum atomic E-state index is 14.3. The second-order valence-electron chi connectivity index (χ2n) is 6.52. The van der Waals surface area contributed by atoms with Gasteiger partial charge in [-0.25, -0.2) is 21.8 Å². The van der Waals surface area contributed by atoms with Gasteiger partial charge in [-0.3, -0.25) is 0 Å². The van der Waals surface area contributed by atoms with Crippen molar-refractivity contribution in [3.8, 4) is 17.6 Å². The summed E-state index contributed by atoms with van der Waals surface area (Å²) < 4.78 is 77.5. The van der Waals surface area contributed by atoms with Crippen molar-refractivity contribution in [1.82, 2.24) is 4.72 Å². The zero-order valence-corrected chi connectivity index (χ0v) is 19.1. The fourth-order valence-electron chi connectivity index (χ4n) is 2.56. The Labute approximate surface area is 186 Å². The van der Waals surface area contributed by atoms with Crippen molar-refractivity contribution in [3.05, 3.63) is 53.6 Å². The summed E-state index contributed by atoms with van der Waals surface area (Å²) in [6, 6.07) is 8.26. The van der Waals surface area contributed by atoms with Crippen LogP contribution in [-0.4, -0.2) is 26.2 Å². The van der Waals surface area contributed by atoms with E-state index in [1.54, 1.807) is 6.07 Å². The molecule has 0 spiro atoms. The van der Waals surface area contributed by atoms with Gasteiger partial charge in [0.15, 0.2) is 0 Å². The lowest BCUT2D eigenvalue weighted by Gasteiger charge is -2.14. The maximum Gasteiger partial charge on any atom is 0.391 e. The molecule has 8 nitrogen and oxygen atoms in total. The molecule has 1 atom stereocenters. The number of fused-ring (bicyclic) bond motifs is 1. The predicted molar refractivity (Wildman–Crippen MR) is 114 cm³/mol. The number of halogens is 2. The van der Waals surface area contributed by atoms with Crippen LogP contribution < -0.4 is 14.0 Å². The number of thiophene rings is 1. The molecule has 0 amide bonds. The van der Waals surface area contributed by atoms with Crippen LogP contribution in [-0.2, 0) is 14.6 Å². The number of rotatable bonds is 9. The summed E-state index contributed by atoms with van der Waals surface area (Å²) in [4.78, 5) is 9.94. The molecule has 2 aromatic carbocycles. The van der Waals surface area contributed by atoms with Crippen LogP contribution in [0.5, 0.6) is 11.5 Å². The molecular weight excluding hydrogens is 485 g/mol. The second kappa shape index (κ2) is 9.52. The molecule has 1 unspecified atom stereocenters. The number of nitrogens with zero attached hydrogens (tertiary/aromatic N) is 1.